The highest BCUT2D eigenvalue weighted by Crippen LogP contribution is 2.08. The first kappa shape index (κ1) is 12.9. The highest BCUT2D eigenvalue weighted by molar-refractivity contribution is 5.90. The number of imidazole rings is 1. The van der Waals surface area contributed by atoms with Crippen molar-refractivity contribution in [1.29, 1.82) is 0 Å². The quantitative estimate of drug-likeness (QED) is 0.630. The van der Waals surface area contributed by atoms with Gasteiger partial charge in [0, 0.05) is 0 Å². The number of hydrogen-bond donors (Lipinski definition) is 3. The lowest BCUT2D eigenvalue weighted by Crippen LogP contribution is -2.24. The normalized spacial score (nSPS) is 10.5. The van der Waals surface area contributed by atoms with Gasteiger partial charge in [0.15, 0.2) is 12.9 Å². The standard InChI is InChI=1S/C13H11N5O3/c19-9(6-21-8-4-2-1-3-5-8)16-13-17-11-10(12(20)18-13)14-7-15-11/h1-5,7H,6H2,(H3,14,15,16,17,18,19,20)/p+1. The smallest absolute Gasteiger partial charge is 0.309 e. The van der Waals surface area contributed by atoms with Gasteiger partial charge in [-0.3, -0.25) is 24.9 Å². The van der Waals surface area contributed by atoms with Gasteiger partial charge in [0.25, 0.3) is 17.4 Å². The fraction of sp³-hybridized carbons (Fsp3) is 0.0769. The van der Waals surface area contributed by atoms with Crippen LogP contribution in [-0.2, 0) is 4.79 Å². The van der Waals surface area contributed by atoms with Gasteiger partial charge in [0.2, 0.25) is 5.52 Å². The molecule has 0 aliphatic carbocycles. The number of nitrogens with zero attached hydrogens (tertiary/aromatic N) is 1. The number of fused-ring (bicyclic) bond motifs is 1. The lowest BCUT2D eigenvalue weighted by molar-refractivity contribution is -0.347. The second kappa shape index (κ2) is 5.45. The van der Waals surface area contributed by atoms with E-state index in [-0.39, 0.29) is 18.1 Å². The predicted octanol–water partition coefficient (Wildman–Crippen LogP) is 0.0828. The van der Waals surface area contributed by atoms with Crippen LogP contribution in [-0.4, -0.2) is 27.5 Å². The van der Waals surface area contributed by atoms with E-state index in [0.29, 0.717) is 16.9 Å². The summed E-state index contributed by atoms with van der Waals surface area (Å²) in [5, 5.41) is 2.47. The van der Waals surface area contributed by atoms with Crippen molar-refractivity contribution in [2.45, 2.75) is 0 Å². The molecule has 3 rings (SSSR count). The number of carbonyl (C=O) groups excluding carboxylic acids is 1. The van der Waals surface area contributed by atoms with Gasteiger partial charge in [-0.25, -0.2) is 4.98 Å². The number of aromatic amines is 3. The van der Waals surface area contributed by atoms with Gasteiger partial charge in [0.1, 0.15) is 5.75 Å². The first-order valence-electron chi connectivity index (χ1n) is 6.19. The summed E-state index contributed by atoms with van der Waals surface area (Å²) in [6, 6.07) is 8.95. The molecule has 0 spiro atoms. The van der Waals surface area contributed by atoms with Crippen molar-refractivity contribution < 1.29 is 14.5 Å². The van der Waals surface area contributed by atoms with Crippen LogP contribution in [0.3, 0.4) is 0 Å². The Morgan fingerprint density at radius 2 is 2.14 bits per heavy atom. The first-order valence-corrected chi connectivity index (χ1v) is 6.19. The zero-order chi connectivity index (χ0) is 14.7. The molecule has 0 saturated heterocycles. The molecule has 106 valence electrons. The Kier molecular flexibility index (Phi) is 3.34. The van der Waals surface area contributed by atoms with E-state index in [0.717, 1.165) is 0 Å². The van der Waals surface area contributed by atoms with Crippen LogP contribution in [0.15, 0.2) is 41.5 Å². The Morgan fingerprint density at radius 3 is 2.95 bits per heavy atom. The molecular weight excluding hydrogens is 274 g/mol. The molecule has 8 heteroatoms. The third-order valence-electron chi connectivity index (χ3n) is 2.72. The van der Waals surface area contributed by atoms with Crippen LogP contribution in [0.25, 0.3) is 11.2 Å². The summed E-state index contributed by atoms with van der Waals surface area (Å²) in [5.41, 5.74) is 0.298. The van der Waals surface area contributed by atoms with Crippen molar-refractivity contribution in [3.05, 3.63) is 47.0 Å². The van der Waals surface area contributed by atoms with E-state index in [2.05, 4.69) is 25.3 Å². The Labute approximate surface area is 118 Å². The molecule has 0 fully saturated rings. The zero-order valence-corrected chi connectivity index (χ0v) is 10.8. The highest BCUT2D eigenvalue weighted by Gasteiger charge is 2.14. The molecule has 0 unspecified atom stereocenters. The number of nitrogens with one attached hydrogen (secondary N) is 4. The lowest BCUT2D eigenvalue weighted by atomic mass is 10.3. The number of amides is 1. The molecule has 3 aromatic rings. The minimum Gasteiger partial charge on any atom is -0.484 e. The third kappa shape index (κ3) is 2.89. The summed E-state index contributed by atoms with van der Waals surface area (Å²) in [4.78, 5) is 35.4. The van der Waals surface area contributed by atoms with Gasteiger partial charge < -0.3 is 4.74 Å². The molecule has 2 aromatic heterocycles. The summed E-state index contributed by atoms with van der Waals surface area (Å²) in [6.07, 6.45) is 1.48. The van der Waals surface area contributed by atoms with E-state index in [1.807, 2.05) is 18.2 Å². The number of anilines is 1. The van der Waals surface area contributed by atoms with E-state index in [4.69, 9.17) is 4.74 Å². The van der Waals surface area contributed by atoms with Crippen LogP contribution < -0.4 is 20.6 Å². The van der Waals surface area contributed by atoms with Crippen molar-refractivity contribution in [2.24, 2.45) is 0 Å². The van der Waals surface area contributed by atoms with Crippen molar-refractivity contribution in [1.82, 2.24) is 15.0 Å². The molecular formula is C13H12N5O3+. The molecule has 1 aromatic carbocycles. The minimum absolute atomic E-state index is 0.0602. The molecule has 0 bridgehead atoms. The Hall–Kier alpha value is -3.16. The number of aromatic nitrogens is 4. The monoisotopic (exact) mass is 286 g/mol. The van der Waals surface area contributed by atoms with Crippen molar-refractivity contribution in [2.75, 3.05) is 11.9 Å². The number of para-hydroxylation sites is 1. The van der Waals surface area contributed by atoms with Gasteiger partial charge >= 0.3 is 5.65 Å². The van der Waals surface area contributed by atoms with Crippen LogP contribution in [0.2, 0.25) is 0 Å². The first-order chi connectivity index (χ1) is 10.2. The average molecular weight is 286 g/mol. The van der Waals surface area contributed by atoms with Gasteiger partial charge in [-0.15, -0.1) is 0 Å². The van der Waals surface area contributed by atoms with Crippen LogP contribution in [0.4, 0.5) is 5.95 Å². The second-order valence-electron chi connectivity index (χ2n) is 4.22. The summed E-state index contributed by atoms with van der Waals surface area (Å²) >= 11 is 0. The molecule has 2 heterocycles. The van der Waals surface area contributed by atoms with E-state index in [1.165, 1.54) is 6.33 Å². The van der Waals surface area contributed by atoms with Crippen molar-refractivity contribution in [3.63, 3.8) is 0 Å². The Morgan fingerprint density at radius 1 is 1.33 bits per heavy atom. The minimum atomic E-state index is -0.420. The number of carbonyl (C=O) groups is 1. The molecule has 21 heavy (non-hydrogen) atoms. The predicted molar refractivity (Wildman–Crippen MR) is 73.8 cm³/mol. The average Bonchev–Trinajstić information content (AvgIpc) is 2.95. The summed E-state index contributed by atoms with van der Waals surface area (Å²) in [5.74, 6) is 0.227. The van der Waals surface area contributed by atoms with Crippen LogP contribution in [0, 0.1) is 0 Å². The van der Waals surface area contributed by atoms with Crippen LogP contribution in [0.5, 0.6) is 5.75 Å². The molecule has 4 N–H and O–H groups in total. The van der Waals surface area contributed by atoms with E-state index in [9.17, 15) is 9.59 Å². The number of rotatable bonds is 4. The number of benzene rings is 1. The molecule has 0 radical (unpaired) electrons. The Bertz CT molecular complexity index is 824. The fourth-order valence-electron chi connectivity index (χ4n) is 1.78. The lowest BCUT2D eigenvalue weighted by Gasteiger charge is -2.05. The van der Waals surface area contributed by atoms with Gasteiger partial charge in [0.05, 0.1) is 0 Å². The summed E-state index contributed by atoms with van der Waals surface area (Å²) in [7, 11) is 0. The number of H-pyrrole nitrogens is 3. The SMILES string of the molecule is O=C(COc1ccccc1)Nc1nc2[nH+]c[nH]c2c(=O)[nH]1. The van der Waals surface area contributed by atoms with E-state index < -0.39 is 5.91 Å². The molecule has 0 aliphatic heterocycles. The van der Waals surface area contributed by atoms with Crippen molar-refractivity contribution >= 4 is 23.0 Å². The largest absolute Gasteiger partial charge is 0.484 e. The number of ether oxygens (including phenoxy) is 1. The van der Waals surface area contributed by atoms with Crippen LogP contribution >= 0.6 is 0 Å². The molecule has 0 aliphatic rings. The van der Waals surface area contributed by atoms with Gasteiger partial charge in [-0.05, 0) is 12.1 Å². The van der Waals surface area contributed by atoms with Crippen molar-refractivity contribution in [3.8, 4) is 5.75 Å². The Balaban J connectivity index is 1.67. The van der Waals surface area contributed by atoms with Gasteiger partial charge in [-0.2, -0.15) is 0 Å². The molecule has 0 saturated carbocycles. The third-order valence-corrected chi connectivity index (χ3v) is 2.72. The topological polar surface area (TPSA) is 114 Å². The maximum atomic E-state index is 11.8. The maximum absolute atomic E-state index is 11.8. The van der Waals surface area contributed by atoms with Crippen LogP contribution in [0.1, 0.15) is 0 Å². The second-order valence-corrected chi connectivity index (χ2v) is 4.22. The number of hydrogen-bond acceptors (Lipinski definition) is 4. The summed E-state index contributed by atoms with van der Waals surface area (Å²) < 4.78 is 5.30. The highest BCUT2D eigenvalue weighted by atomic mass is 16.5. The van der Waals surface area contributed by atoms with E-state index >= 15 is 0 Å². The van der Waals surface area contributed by atoms with Gasteiger partial charge in [-0.1, -0.05) is 23.2 Å². The fourth-order valence-corrected chi connectivity index (χ4v) is 1.78. The maximum Gasteiger partial charge on any atom is 0.309 e. The zero-order valence-electron chi connectivity index (χ0n) is 10.8. The molecule has 8 nitrogen and oxygen atoms in total. The molecule has 0 atom stereocenters. The molecule has 1 amide bonds. The summed E-state index contributed by atoms with van der Waals surface area (Å²) in [6.45, 7) is -0.178. The van der Waals surface area contributed by atoms with E-state index in [1.54, 1.807) is 12.1 Å².